The van der Waals surface area contributed by atoms with Gasteiger partial charge in [-0.05, 0) is 42.5 Å². The summed E-state index contributed by atoms with van der Waals surface area (Å²) in [6, 6.07) is 17.6. The lowest BCUT2D eigenvalue weighted by Gasteiger charge is -2.11. The van der Waals surface area contributed by atoms with Gasteiger partial charge in [0.15, 0.2) is 0 Å². The molecule has 2 N–H and O–H groups in total. The number of esters is 1. The highest BCUT2D eigenvalue weighted by molar-refractivity contribution is 6.39. The number of nitrogens with one attached hydrogen (secondary N) is 2. The number of anilines is 1. The number of methoxy groups -OCH3 is 2. The van der Waals surface area contributed by atoms with Crippen molar-refractivity contribution in [3.05, 3.63) is 82.9 Å². The van der Waals surface area contributed by atoms with Gasteiger partial charge in [0.2, 0.25) is 0 Å². The summed E-state index contributed by atoms with van der Waals surface area (Å²) in [7, 11) is 2.90. The zero-order chi connectivity index (χ0) is 24.5. The van der Waals surface area contributed by atoms with Gasteiger partial charge in [-0.25, -0.2) is 10.2 Å². The number of benzene rings is 3. The molecule has 3 aromatic carbocycles. The van der Waals surface area contributed by atoms with E-state index < -0.39 is 17.8 Å². The Morgan fingerprint density at radius 3 is 2.41 bits per heavy atom. The van der Waals surface area contributed by atoms with E-state index in [0.29, 0.717) is 22.1 Å². The maximum atomic E-state index is 12.4. The van der Waals surface area contributed by atoms with Gasteiger partial charge < -0.3 is 19.5 Å². The predicted octanol–water partition coefficient (Wildman–Crippen LogP) is 3.67. The van der Waals surface area contributed by atoms with Gasteiger partial charge in [-0.2, -0.15) is 5.10 Å². The highest BCUT2D eigenvalue weighted by Crippen LogP contribution is 2.28. The van der Waals surface area contributed by atoms with Crippen LogP contribution in [0.4, 0.5) is 5.69 Å². The zero-order valence-electron chi connectivity index (χ0n) is 18.2. The van der Waals surface area contributed by atoms with Crippen molar-refractivity contribution in [2.75, 3.05) is 19.5 Å². The van der Waals surface area contributed by atoms with Crippen molar-refractivity contribution in [2.24, 2.45) is 5.10 Å². The molecule has 0 heterocycles. The number of para-hydroxylation sites is 1. The lowest BCUT2D eigenvalue weighted by atomic mass is 10.2. The van der Waals surface area contributed by atoms with Crippen molar-refractivity contribution in [1.82, 2.24) is 5.43 Å². The first kappa shape index (κ1) is 24.3. The Bertz CT molecular complexity index is 1240. The lowest BCUT2D eigenvalue weighted by molar-refractivity contribution is -0.136. The van der Waals surface area contributed by atoms with Gasteiger partial charge >= 0.3 is 17.8 Å². The standard InChI is InChI=1S/C24H20ClN3O6/c1-32-18-10-11-21(33-2)19(13-18)27-22(29)23(30)28-26-14-16-6-3-4-9-20(16)34-24(31)15-7-5-8-17(25)12-15/h3-14H,1-2H3,(H,27,29)(H,28,30)/b26-14+. The van der Waals surface area contributed by atoms with E-state index >= 15 is 0 Å². The molecule has 0 aliphatic heterocycles. The zero-order valence-corrected chi connectivity index (χ0v) is 19.0. The Morgan fingerprint density at radius 1 is 0.882 bits per heavy atom. The summed E-state index contributed by atoms with van der Waals surface area (Å²) in [5.41, 5.74) is 3.05. The van der Waals surface area contributed by atoms with E-state index in [1.807, 2.05) is 0 Å². The van der Waals surface area contributed by atoms with Crippen LogP contribution in [0.3, 0.4) is 0 Å². The average molecular weight is 482 g/mol. The molecule has 0 spiro atoms. The first-order valence-electron chi connectivity index (χ1n) is 9.84. The number of amides is 2. The summed E-state index contributed by atoms with van der Waals surface area (Å²) < 4.78 is 15.7. The Kier molecular flexibility index (Phi) is 8.20. The summed E-state index contributed by atoms with van der Waals surface area (Å²) >= 11 is 5.91. The molecular weight excluding hydrogens is 462 g/mol. The minimum atomic E-state index is -1.02. The molecule has 174 valence electrons. The third-order valence-electron chi connectivity index (χ3n) is 4.41. The fourth-order valence-electron chi connectivity index (χ4n) is 2.76. The van der Waals surface area contributed by atoms with Gasteiger partial charge in [0.25, 0.3) is 0 Å². The molecule has 0 saturated carbocycles. The van der Waals surface area contributed by atoms with Gasteiger partial charge in [0.1, 0.15) is 17.2 Å². The van der Waals surface area contributed by atoms with Crippen LogP contribution in [-0.4, -0.2) is 38.2 Å². The summed E-state index contributed by atoms with van der Waals surface area (Å²) in [6.45, 7) is 0. The van der Waals surface area contributed by atoms with Gasteiger partial charge in [0, 0.05) is 16.7 Å². The molecule has 9 nitrogen and oxygen atoms in total. The summed E-state index contributed by atoms with van der Waals surface area (Å²) in [5, 5.41) is 6.62. The van der Waals surface area contributed by atoms with E-state index in [2.05, 4.69) is 15.8 Å². The molecule has 3 rings (SSSR count). The van der Waals surface area contributed by atoms with Gasteiger partial charge in [-0.15, -0.1) is 0 Å². The van der Waals surface area contributed by atoms with Crippen molar-refractivity contribution >= 4 is 41.3 Å². The van der Waals surface area contributed by atoms with Crippen molar-refractivity contribution in [3.63, 3.8) is 0 Å². The first-order chi connectivity index (χ1) is 16.4. The summed E-state index contributed by atoms with van der Waals surface area (Å²) in [6.07, 6.45) is 1.25. The molecule has 0 unspecified atom stereocenters. The number of halogens is 1. The van der Waals surface area contributed by atoms with Crippen LogP contribution < -0.4 is 25.0 Å². The summed E-state index contributed by atoms with van der Waals surface area (Å²) in [4.78, 5) is 36.8. The molecule has 3 aromatic rings. The monoisotopic (exact) mass is 481 g/mol. The Morgan fingerprint density at radius 2 is 1.68 bits per heavy atom. The molecule has 0 saturated heterocycles. The number of ether oxygens (including phenoxy) is 3. The quantitative estimate of drug-likeness (QED) is 0.175. The Balaban J connectivity index is 1.65. The smallest absolute Gasteiger partial charge is 0.343 e. The molecular formula is C24H20ClN3O6. The normalized spacial score (nSPS) is 10.4. The Labute approximate surface area is 200 Å². The molecule has 34 heavy (non-hydrogen) atoms. The van der Waals surface area contributed by atoms with Crippen molar-refractivity contribution in [3.8, 4) is 17.2 Å². The fourth-order valence-corrected chi connectivity index (χ4v) is 2.95. The van der Waals surface area contributed by atoms with Gasteiger partial charge in [-0.1, -0.05) is 29.8 Å². The van der Waals surface area contributed by atoms with E-state index in [-0.39, 0.29) is 17.0 Å². The molecule has 0 aromatic heterocycles. The third kappa shape index (κ3) is 6.33. The molecule has 0 atom stereocenters. The molecule has 0 aliphatic carbocycles. The summed E-state index contributed by atoms with van der Waals surface area (Å²) in [5.74, 6) is -1.58. The number of nitrogens with zero attached hydrogens (tertiary/aromatic N) is 1. The number of hydrogen-bond acceptors (Lipinski definition) is 7. The predicted molar refractivity (Wildman–Crippen MR) is 127 cm³/mol. The highest BCUT2D eigenvalue weighted by Gasteiger charge is 2.16. The van der Waals surface area contributed by atoms with Gasteiger partial charge in [0.05, 0.1) is 31.7 Å². The molecule has 10 heteroatoms. The SMILES string of the molecule is COc1ccc(OC)c(NC(=O)C(=O)N/N=C/c2ccccc2OC(=O)c2cccc(Cl)c2)c1. The fraction of sp³-hybridized carbons (Fsp3) is 0.0833. The minimum Gasteiger partial charge on any atom is -0.497 e. The maximum Gasteiger partial charge on any atom is 0.343 e. The van der Waals surface area contributed by atoms with Crippen LogP contribution in [0.15, 0.2) is 71.8 Å². The van der Waals surface area contributed by atoms with Crippen LogP contribution in [0.1, 0.15) is 15.9 Å². The molecule has 0 bridgehead atoms. The number of carbonyl (C=O) groups is 3. The van der Waals surface area contributed by atoms with Crippen LogP contribution in [0.25, 0.3) is 0 Å². The number of carbonyl (C=O) groups excluding carboxylic acids is 3. The topological polar surface area (TPSA) is 115 Å². The third-order valence-corrected chi connectivity index (χ3v) is 4.65. The van der Waals surface area contributed by atoms with E-state index in [0.717, 1.165) is 0 Å². The van der Waals surface area contributed by atoms with E-state index in [1.54, 1.807) is 54.6 Å². The van der Waals surface area contributed by atoms with E-state index in [1.165, 1.54) is 32.6 Å². The molecule has 0 radical (unpaired) electrons. The maximum absolute atomic E-state index is 12.4. The lowest BCUT2D eigenvalue weighted by Crippen LogP contribution is -2.32. The van der Waals surface area contributed by atoms with Crippen molar-refractivity contribution in [2.45, 2.75) is 0 Å². The Hall–Kier alpha value is -4.37. The van der Waals surface area contributed by atoms with Crippen LogP contribution in [-0.2, 0) is 9.59 Å². The number of hydrogen-bond donors (Lipinski definition) is 2. The second kappa shape index (κ2) is 11.5. The minimum absolute atomic E-state index is 0.205. The second-order valence-corrected chi connectivity index (χ2v) is 7.09. The van der Waals surface area contributed by atoms with Gasteiger partial charge in [-0.3, -0.25) is 9.59 Å². The second-order valence-electron chi connectivity index (χ2n) is 6.66. The van der Waals surface area contributed by atoms with Crippen LogP contribution in [0.2, 0.25) is 5.02 Å². The molecule has 2 amide bonds. The van der Waals surface area contributed by atoms with Crippen LogP contribution in [0.5, 0.6) is 17.2 Å². The average Bonchev–Trinajstić information content (AvgIpc) is 2.84. The van der Waals surface area contributed by atoms with Crippen LogP contribution >= 0.6 is 11.6 Å². The van der Waals surface area contributed by atoms with E-state index in [4.69, 9.17) is 25.8 Å². The van der Waals surface area contributed by atoms with E-state index in [9.17, 15) is 14.4 Å². The number of rotatable bonds is 7. The largest absolute Gasteiger partial charge is 0.497 e. The van der Waals surface area contributed by atoms with Crippen LogP contribution in [0, 0.1) is 0 Å². The van der Waals surface area contributed by atoms with Crippen molar-refractivity contribution < 1.29 is 28.6 Å². The molecule has 0 aliphatic rings. The number of hydrazone groups is 1. The molecule has 0 fully saturated rings. The first-order valence-corrected chi connectivity index (χ1v) is 10.2. The van der Waals surface area contributed by atoms with Crippen molar-refractivity contribution in [1.29, 1.82) is 0 Å². The highest BCUT2D eigenvalue weighted by atomic mass is 35.5.